The number of carbonyl (C=O) groups excluding carboxylic acids is 1. The van der Waals surface area contributed by atoms with E-state index in [9.17, 15) is 4.79 Å². The van der Waals surface area contributed by atoms with Crippen molar-refractivity contribution in [1.82, 2.24) is 5.16 Å². The minimum absolute atomic E-state index is 0.240. The van der Waals surface area contributed by atoms with Gasteiger partial charge in [0.2, 0.25) is 0 Å². The standard InChI is InChI=1S/C15H23NO2S/c1-4-6-12-15-13(17)8-11(7-10(3)19-5-2)9-14(15)18-16-12/h10-11H,4-9H2,1-3H3. The van der Waals surface area contributed by atoms with E-state index >= 15 is 0 Å². The molecule has 1 aromatic rings. The number of carbonyl (C=O) groups is 1. The number of Topliss-reactive ketones (excluding diaryl/α,β-unsaturated/α-hetero) is 1. The van der Waals surface area contributed by atoms with Crippen molar-refractivity contribution in [1.29, 1.82) is 0 Å². The Kier molecular flexibility index (Phi) is 5.08. The van der Waals surface area contributed by atoms with Gasteiger partial charge in [0.05, 0.1) is 11.3 Å². The maximum atomic E-state index is 12.3. The average Bonchev–Trinajstić information content (AvgIpc) is 2.73. The number of fused-ring (bicyclic) bond motifs is 1. The Morgan fingerprint density at radius 1 is 1.42 bits per heavy atom. The summed E-state index contributed by atoms with van der Waals surface area (Å²) in [6.07, 6.45) is 4.48. The van der Waals surface area contributed by atoms with Crippen molar-refractivity contribution in [3.63, 3.8) is 0 Å². The largest absolute Gasteiger partial charge is 0.360 e. The maximum absolute atomic E-state index is 12.3. The van der Waals surface area contributed by atoms with Crippen molar-refractivity contribution in [3.05, 3.63) is 17.0 Å². The molecule has 0 fully saturated rings. The molecule has 1 aliphatic carbocycles. The predicted octanol–water partition coefficient (Wildman–Crippen LogP) is 3.90. The van der Waals surface area contributed by atoms with Gasteiger partial charge in [0.1, 0.15) is 5.76 Å². The molecule has 1 heterocycles. The molecule has 0 N–H and O–H groups in total. The van der Waals surface area contributed by atoms with Crippen LogP contribution in [-0.4, -0.2) is 21.9 Å². The SMILES string of the molecule is CCCc1noc2c1C(=O)CC(CC(C)SCC)C2. The highest BCUT2D eigenvalue weighted by Gasteiger charge is 2.32. The van der Waals surface area contributed by atoms with E-state index in [1.54, 1.807) is 0 Å². The van der Waals surface area contributed by atoms with E-state index < -0.39 is 0 Å². The fourth-order valence-electron chi connectivity index (χ4n) is 2.91. The van der Waals surface area contributed by atoms with Crippen molar-refractivity contribution in [2.75, 3.05) is 5.75 Å². The number of aromatic nitrogens is 1. The molecule has 2 rings (SSSR count). The van der Waals surface area contributed by atoms with Crippen LogP contribution in [-0.2, 0) is 12.8 Å². The van der Waals surface area contributed by atoms with Gasteiger partial charge in [0.15, 0.2) is 5.78 Å². The Balaban J connectivity index is 2.06. The lowest BCUT2D eigenvalue weighted by molar-refractivity contribution is 0.0940. The quantitative estimate of drug-likeness (QED) is 0.793. The molecular formula is C15H23NO2S. The zero-order chi connectivity index (χ0) is 13.8. The van der Waals surface area contributed by atoms with E-state index in [1.807, 2.05) is 11.8 Å². The van der Waals surface area contributed by atoms with Gasteiger partial charge in [-0.15, -0.1) is 0 Å². The molecule has 2 unspecified atom stereocenters. The number of nitrogens with zero attached hydrogens (tertiary/aromatic N) is 1. The molecule has 0 aromatic carbocycles. The van der Waals surface area contributed by atoms with Gasteiger partial charge in [0, 0.05) is 18.1 Å². The minimum atomic E-state index is 0.240. The number of aryl methyl sites for hydroxylation is 1. The molecule has 0 radical (unpaired) electrons. The van der Waals surface area contributed by atoms with E-state index in [4.69, 9.17) is 4.52 Å². The van der Waals surface area contributed by atoms with Gasteiger partial charge in [0.25, 0.3) is 0 Å². The molecule has 0 aliphatic heterocycles. The lowest BCUT2D eigenvalue weighted by Crippen LogP contribution is -2.22. The molecular weight excluding hydrogens is 258 g/mol. The third-order valence-corrected chi connectivity index (χ3v) is 4.76. The molecule has 0 saturated heterocycles. The zero-order valence-corrected chi connectivity index (χ0v) is 12.9. The normalized spacial score (nSPS) is 20.4. The van der Waals surface area contributed by atoms with Gasteiger partial charge in [-0.25, -0.2) is 0 Å². The van der Waals surface area contributed by atoms with Gasteiger partial charge >= 0.3 is 0 Å². The predicted molar refractivity (Wildman–Crippen MR) is 78.9 cm³/mol. The summed E-state index contributed by atoms with van der Waals surface area (Å²) in [5.74, 6) is 2.63. The smallest absolute Gasteiger partial charge is 0.168 e. The number of hydrogen-bond acceptors (Lipinski definition) is 4. The Morgan fingerprint density at radius 2 is 2.21 bits per heavy atom. The minimum Gasteiger partial charge on any atom is -0.360 e. The highest BCUT2D eigenvalue weighted by Crippen LogP contribution is 2.32. The lowest BCUT2D eigenvalue weighted by atomic mass is 9.83. The fraction of sp³-hybridized carbons (Fsp3) is 0.733. The van der Waals surface area contributed by atoms with E-state index in [-0.39, 0.29) is 5.78 Å². The second-order valence-electron chi connectivity index (χ2n) is 5.38. The number of hydrogen-bond donors (Lipinski definition) is 0. The van der Waals surface area contributed by atoms with E-state index in [0.29, 0.717) is 17.6 Å². The number of rotatable bonds is 6. The Labute approximate surface area is 119 Å². The second kappa shape index (κ2) is 6.60. The summed E-state index contributed by atoms with van der Waals surface area (Å²) in [4.78, 5) is 12.3. The van der Waals surface area contributed by atoms with Crippen molar-refractivity contribution in [2.24, 2.45) is 5.92 Å². The molecule has 2 atom stereocenters. The van der Waals surface area contributed by atoms with Gasteiger partial charge in [-0.05, 0) is 24.5 Å². The van der Waals surface area contributed by atoms with Crippen LogP contribution in [0, 0.1) is 5.92 Å². The summed E-state index contributed by atoms with van der Waals surface area (Å²) in [5, 5.41) is 4.70. The first-order chi connectivity index (χ1) is 9.15. The number of ketones is 1. The highest BCUT2D eigenvalue weighted by atomic mass is 32.2. The highest BCUT2D eigenvalue weighted by molar-refractivity contribution is 7.99. The van der Waals surface area contributed by atoms with E-state index in [1.165, 1.54) is 0 Å². The molecule has 1 aliphatic rings. The van der Waals surface area contributed by atoms with Gasteiger partial charge in [-0.3, -0.25) is 4.79 Å². The summed E-state index contributed by atoms with van der Waals surface area (Å²) in [6, 6.07) is 0. The molecule has 3 nitrogen and oxygen atoms in total. The third-order valence-electron chi connectivity index (χ3n) is 3.66. The van der Waals surface area contributed by atoms with E-state index in [2.05, 4.69) is 25.9 Å². The number of thioether (sulfide) groups is 1. The average molecular weight is 281 g/mol. The van der Waals surface area contributed by atoms with Crippen molar-refractivity contribution in [2.45, 2.75) is 58.1 Å². The Hall–Kier alpha value is -0.770. The summed E-state index contributed by atoms with van der Waals surface area (Å²) in [6.45, 7) is 6.52. The first kappa shape index (κ1) is 14.6. The van der Waals surface area contributed by atoms with Crippen LogP contribution >= 0.6 is 11.8 Å². The first-order valence-corrected chi connectivity index (χ1v) is 8.32. The molecule has 1 aromatic heterocycles. The van der Waals surface area contributed by atoms with Crippen LogP contribution in [0.2, 0.25) is 0 Å². The van der Waals surface area contributed by atoms with Crippen LogP contribution < -0.4 is 0 Å². The summed E-state index contributed by atoms with van der Waals surface area (Å²) < 4.78 is 5.40. The molecule has 0 spiro atoms. The third kappa shape index (κ3) is 3.41. The van der Waals surface area contributed by atoms with Crippen LogP contribution in [0.3, 0.4) is 0 Å². The maximum Gasteiger partial charge on any atom is 0.168 e. The topological polar surface area (TPSA) is 43.1 Å². The molecule has 4 heteroatoms. The van der Waals surface area contributed by atoms with Crippen LogP contribution in [0.5, 0.6) is 0 Å². The van der Waals surface area contributed by atoms with Gasteiger partial charge in [-0.2, -0.15) is 11.8 Å². The monoisotopic (exact) mass is 281 g/mol. The van der Waals surface area contributed by atoms with Crippen LogP contribution in [0.4, 0.5) is 0 Å². The fourth-order valence-corrected chi connectivity index (χ4v) is 3.89. The van der Waals surface area contributed by atoms with Crippen LogP contribution in [0.1, 0.15) is 61.8 Å². The van der Waals surface area contributed by atoms with Gasteiger partial charge < -0.3 is 4.52 Å². The molecule has 0 bridgehead atoms. The molecule has 0 saturated carbocycles. The molecule has 19 heavy (non-hydrogen) atoms. The van der Waals surface area contributed by atoms with Crippen LogP contribution in [0.15, 0.2) is 4.52 Å². The lowest BCUT2D eigenvalue weighted by Gasteiger charge is -2.22. The summed E-state index contributed by atoms with van der Waals surface area (Å²) in [5.41, 5.74) is 1.67. The molecule has 0 amide bonds. The van der Waals surface area contributed by atoms with Gasteiger partial charge in [-0.1, -0.05) is 32.3 Å². The second-order valence-corrected chi connectivity index (χ2v) is 7.09. The van der Waals surface area contributed by atoms with Crippen molar-refractivity contribution >= 4 is 17.5 Å². The zero-order valence-electron chi connectivity index (χ0n) is 12.1. The van der Waals surface area contributed by atoms with Crippen molar-refractivity contribution < 1.29 is 9.32 Å². The molecule has 106 valence electrons. The first-order valence-electron chi connectivity index (χ1n) is 7.27. The Morgan fingerprint density at radius 3 is 2.89 bits per heavy atom. The van der Waals surface area contributed by atoms with Crippen LogP contribution in [0.25, 0.3) is 0 Å². The van der Waals surface area contributed by atoms with E-state index in [0.717, 1.165) is 48.5 Å². The van der Waals surface area contributed by atoms with Crippen molar-refractivity contribution in [3.8, 4) is 0 Å². The summed E-state index contributed by atoms with van der Waals surface area (Å²) >= 11 is 1.96. The Bertz CT molecular complexity index is 441. The summed E-state index contributed by atoms with van der Waals surface area (Å²) in [7, 11) is 0.